The molecule has 2 aromatic carbocycles. The number of ether oxygens (including phenoxy) is 1. The number of amides is 2. The molecule has 1 aliphatic rings. The maximum Gasteiger partial charge on any atom is 0.251 e. The molecule has 29 heavy (non-hydrogen) atoms. The third-order valence-corrected chi connectivity index (χ3v) is 5.18. The van der Waals surface area contributed by atoms with E-state index in [0.717, 1.165) is 17.9 Å². The van der Waals surface area contributed by atoms with Gasteiger partial charge in [0.15, 0.2) is 0 Å². The molecule has 0 unspecified atom stereocenters. The van der Waals surface area contributed by atoms with Crippen LogP contribution in [0.5, 0.6) is 5.75 Å². The second-order valence-electron chi connectivity index (χ2n) is 7.32. The number of carbonyl (C=O) groups is 2. The summed E-state index contributed by atoms with van der Waals surface area (Å²) in [6.45, 7) is 6.35. The summed E-state index contributed by atoms with van der Waals surface area (Å²) in [4.78, 5) is 26.0. The van der Waals surface area contributed by atoms with E-state index in [9.17, 15) is 9.59 Å². The zero-order valence-corrected chi connectivity index (χ0v) is 17.0. The van der Waals surface area contributed by atoms with Crippen LogP contribution in [0.3, 0.4) is 0 Å². The smallest absolute Gasteiger partial charge is 0.251 e. The molecule has 2 aromatic rings. The summed E-state index contributed by atoms with van der Waals surface area (Å²) in [6.07, 6.45) is 2.59. The third kappa shape index (κ3) is 6.32. The Morgan fingerprint density at radius 3 is 2.34 bits per heavy atom. The van der Waals surface area contributed by atoms with Crippen LogP contribution < -0.4 is 20.3 Å². The van der Waals surface area contributed by atoms with Crippen LogP contribution in [0.25, 0.3) is 0 Å². The largest absolute Gasteiger partial charge is 0.494 e. The molecular weight excluding hydrogens is 366 g/mol. The number of hydrogen-bond donors (Lipinski definition) is 3. The predicted molar refractivity (Wildman–Crippen MR) is 112 cm³/mol. The summed E-state index contributed by atoms with van der Waals surface area (Å²) in [5.41, 5.74) is 2.92. The van der Waals surface area contributed by atoms with Crippen molar-refractivity contribution >= 4 is 11.8 Å². The maximum absolute atomic E-state index is 12.2. The molecule has 0 saturated carbocycles. The van der Waals surface area contributed by atoms with Gasteiger partial charge in [-0.25, -0.2) is 0 Å². The van der Waals surface area contributed by atoms with Gasteiger partial charge >= 0.3 is 0 Å². The van der Waals surface area contributed by atoms with E-state index in [-0.39, 0.29) is 18.4 Å². The van der Waals surface area contributed by atoms with Crippen molar-refractivity contribution in [3.63, 3.8) is 0 Å². The van der Waals surface area contributed by atoms with Gasteiger partial charge in [0.05, 0.1) is 26.2 Å². The number of hydrogen-bond acceptors (Lipinski definition) is 3. The minimum atomic E-state index is -0.277. The van der Waals surface area contributed by atoms with E-state index in [1.807, 2.05) is 19.1 Å². The normalized spacial score (nSPS) is 13.8. The summed E-state index contributed by atoms with van der Waals surface area (Å²) >= 11 is 0. The molecule has 1 aliphatic heterocycles. The fourth-order valence-corrected chi connectivity index (χ4v) is 3.61. The lowest BCUT2D eigenvalue weighted by molar-refractivity contribution is -0.901. The van der Waals surface area contributed by atoms with Gasteiger partial charge in [-0.2, -0.15) is 0 Å². The van der Waals surface area contributed by atoms with Gasteiger partial charge in [-0.1, -0.05) is 24.3 Å². The summed E-state index contributed by atoms with van der Waals surface area (Å²) in [5.74, 6) is 0.241. The van der Waals surface area contributed by atoms with E-state index in [1.165, 1.54) is 31.5 Å². The van der Waals surface area contributed by atoms with Crippen LogP contribution in [-0.4, -0.2) is 38.1 Å². The quantitative estimate of drug-likeness (QED) is 0.599. The highest BCUT2D eigenvalue weighted by molar-refractivity contribution is 5.96. The van der Waals surface area contributed by atoms with E-state index in [4.69, 9.17) is 4.74 Å². The van der Waals surface area contributed by atoms with E-state index in [0.29, 0.717) is 18.7 Å². The van der Waals surface area contributed by atoms with E-state index in [2.05, 4.69) is 22.8 Å². The van der Waals surface area contributed by atoms with Crippen LogP contribution in [0.2, 0.25) is 0 Å². The first kappa shape index (κ1) is 20.9. The predicted octanol–water partition coefficient (Wildman–Crippen LogP) is 1.31. The van der Waals surface area contributed by atoms with Crippen LogP contribution in [0.15, 0.2) is 48.5 Å². The Morgan fingerprint density at radius 2 is 1.66 bits per heavy atom. The lowest BCUT2D eigenvalue weighted by Crippen LogP contribution is -3.08. The van der Waals surface area contributed by atoms with Crippen LogP contribution in [0, 0.1) is 0 Å². The molecule has 0 aliphatic carbocycles. The second kappa shape index (κ2) is 10.6. The van der Waals surface area contributed by atoms with E-state index >= 15 is 0 Å². The molecule has 0 bridgehead atoms. The molecule has 0 aromatic heterocycles. The van der Waals surface area contributed by atoms with Gasteiger partial charge in [0.1, 0.15) is 12.3 Å². The van der Waals surface area contributed by atoms with Crippen molar-refractivity contribution in [3.05, 3.63) is 65.2 Å². The first-order valence-electron chi connectivity index (χ1n) is 10.3. The zero-order chi connectivity index (χ0) is 20.5. The van der Waals surface area contributed by atoms with Gasteiger partial charge in [-0.05, 0) is 36.8 Å². The number of carbonyl (C=O) groups excluding carboxylic acids is 2. The molecule has 2 amide bonds. The van der Waals surface area contributed by atoms with Crippen LogP contribution in [0.1, 0.15) is 41.3 Å². The Kier molecular flexibility index (Phi) is 7.64. The van der Waals surface area contributed by atoms with Crippen LogP contribution in [0.4, 0.5) is 0 Å². The lowest BCUT2D eigenvalue weighted by atomic mass is 10.1. The molecule has 3 rings (SSSR count). The number of benzene rings is 2. The lowest BCUT2D eigenvalue weighted by Gasteiger charge is -2.15. The van der Waals surface area contributed by atoms with Crippen LogP contribution in [-0.2, 0) is 17.9 Å². The Labute approximate surface area is 172 Å². The number of nitrogens with one attached hydrogen (secondary N) is 3. The van der Waals surface area contributed by atoms with Crippen molar-refractivity contribution in [3.8, 4) is 5.75 Å². The van der Waals surface area contributed by atoms with Crippen molar-refractivity contribution in [1.82, 2.24) is 10.6 Å². The van der Waals surface area contributed by atoms with Crippen LogP contribution >= 0.6 is 0 Å². The highest BCUT2D eigenvalue weighted by Crippen LogP contribution is 2.12. The zero-order valence-electron chi connectivity index (χ0n) is 17.0. The van der Waals surface area contributed by atoms with E-state index < -0.39 is 0 Å². The van der Waals surface area contributed by atoms with Crippen molar-refractivity contribution in [2.75, 3.05) is 26.2 Å². The molecule has 1 saturated heterocycles. The Morgan fingerprint density at radius 1 is 0.966 bits per heavy atom. The molecule has 1 fully saturated rings. The van der Waals surface area contributed by atoms with E-state index in [1.54, 1.807) is 29.2 Å². The van der Waals surface area contributed by atoms with Gasteiger partial charge in [-0.3, -0.25) is 9.59 Å². The summed E-state index contributed by atoms with van der Waals surface area (Å²) in [6, 6.07) is 15.1. The number of quaternary nitrogens is 1. The summed E-state index contributed by atoms with van der Waals surface area (Å²) in [5, 5.41) is 5.58. The first-order chi connectivity index (χ1) is 14.2. The number of rotatable bonds is 9. The van der Waals surface area contributed by atoms with Gasteiger partial charge in [0, 0.05) is 30.5 Å². The molecule has 1 heterocycles. The molecule has 6 nitrogen and oxygen atoms in total. The highest BCUT2D eigenvalue weighted by Gasteiger charge is 2.17. The first-order valence-corrected chi connectivity index (χ1v) is 10.3. The summed E-state index contributed by atoms with van der Waals surface area (Å²) < 4.78 is 5.37. The van der Waals surface area contributed by atoms with Gasteiger partial charge in [-0.15, -0.1) is 0 Å². The van der Waals surface area contributed by atoms with Gasteiger partial charge < -0.3 is 20.3 Å². The monoisotopic (exact) mass is 396 g/mol. The standard InChI is InChI=1S/C23H29N3O3/c1-2-29-21-11-9-18(10-12-21)23(28)25-16-22(27)24-15-19-7-3-4-8-20(19)17-26-13-5-6-14-26/h3-4,7-12H,2,5-6,13-17H2,1H3,(H,24,27)(H,25,28)/p+1. The molecule has 0 atom stereocenters. The van der Waals surface area contributed by atoms with Gasteiger partial charge in [0.25, 0.3) is 5.91 Å². The SMILES string of the molecule is CCOc1ccc(C(=O)NCC(=O)NCc2ccccc2C[NH+]2CCCC2)cc1. The van der Waals surface area contributed by atoms with Crippen molar-refractivity contribution < 1.29 is 19.2 Å². The Balaban J connectivity index is 1.45. The Bertz CT molecular complexity index is 814. The van der Waals surface area contributed by atoms with Crippen molar-refractivity contribution in [1.29, 1.82) is 0 Å². The molecular formula is C23H30N3O3+. The fourth-order valence-electron chi connectivity index (χ4n) is 3.61. The molecule has 0 spiro atoms. The third-order valence-electron chi connectivity index (χ3n) is 5.18. The minimum absolute atomic E-state index is 0.0500. The average molecular weight is 397 g/mol. The summed E-state index contributed by atoms with van der Waals surface area (Å²) in [7, 11) is 0. The molecule has 0 radical (unpaired) electrons. The second-order valence-corrected chi connectivity index (χ2v) is 7.32. The van der Waals surface area contributed by atoms with Gasteiger partial charge in [0.2, 0.25) is 5.91 Å². The molecule has 3 N–H and O–H groups in total. The highest BCUT2D eigenvalue weighted by atomic mass is 16.5. The Hall–Kier alpha value is -2.86. The molecule has 154 valence electrons. The average Bonchev–Trinajstić information content (AvgIpc) is 3.25. The van der Waals surface area contributed by atoms with Crippen molar-refractivity contribution in [2.45, 2.75) is 32.9 Å². The maximum atomic E-state index is 12.2. The van der Waals surface area contributed by atoms with Crippen molar-refractivity contribution in [2.24, 2.45) is 0 Å². The molecule has 6 heteroatoms. The fraction of sp³-hybridized carbons (Fsp3) is 0.391. The number of likely N-dealkylation sites (tertiary alicyclic amines) is 1. The topological polar surface area (TPSA) is 71.9 Å². The minimum Gasteiger partial charge on any atom is -0.494 e.